The van der Waals surface area contributed by atoms with Gasteiger partial charge in [0.1, 0.15) is 0 Å². The van der Waals surface area contributed by atoms with Crippen molar-refractivity contribution in [2.45, 2.75) is 56.0 Å². The maximum Gasteiger partial charge on any atom is 0.243 e. The number of benzene rings is 1. The summed E-state index contributed by atoms with van der Waals surface area (Å²) in [6, 6.07) is 7.72. The summed E-state index contributed by atoms with van der Waals surface area (Å²) in [6.07, 6.45) is 5.87. The third-order valence-corrected chi connectivity index (χ3v) is 6.19. The molecule has 0 aromatic heterocycles. The molecule has 0 N–H and O–H groups in total. The summed E-state index contributed by atoms with van der Waals surface area (Å²) in [5, 5.41) is 0. The van der Waals surface area contributed by atoms with E-state index in [1.54, 1.807) is 16.4 Å². The van der Waals surface area contributed by atoms with Crippen LogP contribution in [0.15, 0.2) is 41.3 Å². The molecule has 20 heavy (non-hydrogen) atoms. The lowest BCUT2D eigenvalue weighted by Gasteiger charge is -2.19. The van der Waals surface area contributed by atoms with Gasteiger partial charge in [0.05, 0.1) is 4.90 Å². The molecule has 1 heterocycles. The standard InChI is InChI=1S/C16H21NO2S/c1-16(2,3)12-8-10-13(11-9-12)20(18,19)17-14-6-4-5-7-15(14)17/h4-5,8-11,14-15H,6-7H2,1-3H3. The highest BCUT2D eigenvalue weighted by Gasteiger charge is 2.54. The summed E-state index contributed by atoms with van der Waals surface area (Å²) in [5.41, 5.74) is 1.20. The van der Waals surface area contributed by atoms with Gasteiger partial charge in [0.2, 0.25) is 10.0 Å². The van der Waals surface area contributed by atoms with Gasteiger partial charge in [-0.2, -0.15) is 4.31 Å². The normalized spacial score (nSPS) is 29.1. The zero-order valence-corrected chi connectivity index (χ0v) is 13.0. The van der Waals surface area contributed by atoms with E-state index in [0.29, 0.717) is 4.90 Å². The van der Waals surface area contributed by atoms with Crippen molar-refractivity contribution in [3.63, 3.8) is 0 Å². The highest BCUT2D eigenvalue weighted by Crippen LogP contribution is 2.42. The van der Waals surface area contributed by atoms with Crippen LogP contribution >= 0.6 is 0 Å². The number of fused-ring (bicyclic) bond motifs is 1. The minimum Gasteiger partial charge on any atom is -0.207 e. The molecule has 1 saturated heterocycles. The molecule has 0 spiro atoms. The lowest BCUT2D eigenvalue weighted by molar-refractivity contribution is 0.545. The Balaban J connectivity index is 1.86. The molecule has 2 atom stereocenters. The van der Waals surface area contributed by atoms with Crippen molar-refractivity contribution in [3.8, 4) is 0 Å². The largest absolute Gasteiger partial charge is 0.243 e. The molecule has 0 amide bonds. The maximum absolute atomic E-state index is 12.6. The Morgan fingerprint density at radius 2 is 1.50 bits per heavy atom. The predicted octanol–water partition coefficient (Wildman–Crippen LogP) is 3.08. The van der Waals surface area contributed by atoms with Crippen LogP contribution in [0.3, 0.4) is 0 Å². The highest BCUT2D eigenvalue weighted by atomic mass is 32.2. The average Bonchev–Trinajstić information content (AvgIpc) is 3.13. The van der Waals surface area contributed by atoms with Crippen molar-refractivity contribution in [3.05, 3.63) is 42.0 Å². The predicted molar refractivity (Wildman–Crippen MR) is 80.1 cm³/mol. The van der Waals surface area contributed by atoms with E-state index in [2.05, 4.69) is 32.9 Å². The molecule has 3 nitrogen and oxygen atoms in total. The van der Waals surface area contributed by atoms with Gasteiger partial charge in [-0.15, -0.1) is 0 Å². The molecule has 1 aromatic carbocycles. The van der Waals surface area contributed by atoms with E-state index >= 15 is 0 Å². The molecule has 4 heteroatoms. The van der Waals surface area contributed by atoms with Crippen molar-refractivity contribution in [1.29, 1.82) is 0 Å². The minimum absolute atomic E-state index is 0.0417. The van der Waals surface area contributed by atoms with Gasteiger partial charge in [-0.3, -0.25) is 0 Å². The first-order chi connectivity index (χ1) is 9.32. The van der Waals surface area contributed by atoms with Crippen LogP contribution in [0.25, 0.3) is 0 Å². The monoisotopic (exact) mass is 291 g/mol. The molecule has 2 aliphatic rings. The van der Waals surface area contributed by atoms with Crippen LogP contribution in [-0.4, -0.2) is 24.8 Å². The fourth-order valence-electron chi connectivity index (χ4n) is 2.91. The van der Waals surface area contributed by atoms with Gasteiger partial charge in [0.25, 0.3) is 0 Å². The van der Waals surface area contributed by atoms with Crippen molar-refractivity contribution >= 4 is 10.0 Å². The van der Waals surface area contributed by atoms with Gasteiger partial charge in [0, 0.05) is 12.1 Å². The van der Waals surface area contributed by atoms with Crippen LogP contribution in [0.1, 0.15) is 39.2 Å². The third kappa shape index (κ3) is 2.21. The molecule has 3 rings (SSSR count). The molecular formula is C16H21NO2S. The Morgan fingerprint density at radius 3 is 1.95 bits per heavy atom. The highest BCUT2D eigenvalue weighted by molar-refractivity contribution is 7.89. The summed E-state index contributed by atoms with van der Waals surface area (Å²) >= 11 is 0. The zero-order chi connectivity index (χ0) is 14.5. The molecule has 1 aliphatic heterocycles. The molecule has 1 aromatic rings. The van der Waals surface area contributed by atoms with Crippen molar-refractivity contribution in [2.24, 2.45) is 0 Å². The third-order valence-electron chi connectivity index (χ3n) is 4.23. The van der Waals surface area contributed by atoms with E-state index in [-0.39, 0.29) is 17.5 Å². The summed E-state index contributed by atoms with van der Waals surface area (Å²) < 4.78 is 26.9. The Labute approximate surface area is 121 Å². The van der Waals surface area contributed by atoms with Crippen LogP contribution in [-0.2, 0) is 15.4 Å². The first-order valence-corrected chi connectivity index (χ1v) is 8.55. The second kappa shape index (κ2) is 4.43. The Kier molecular flexibility index (Phi) is 3.07. The molecule has 1 aliphatic carbocycles. The Hall–Kier alpha value is -1.13. The first kappa shape index (κ1) is 13.8. The van der Waals surface area contributed by atoms with Crippen LogP contribution in [0.5, 0.6) is 0 Å². The fourth-order valence-corrected chi connectivity index (χ4v) is 4.74. The van der Waals surface area contributed by atoms with E-state index in [1.807, 2.05) is 12.1 Å². The molecule has 0 saturated carbocycles. The molecule has 0 radical (unpaired) electrons. The second-order valence-corrected chi connectivity index (χ2v) is 8.53. The van der Waals surface area contributed by atoms with Crippen LogP contribution in [0, 0.1) is 0 Å². The number of sulfonamides is 1. The summed E-state index contributed by atoms with van der Waals surface area (Å²) in [5.74, 6) is 0. The summed E-state index contributed by atoms with van der Waals surface area (Å²) in [7, 11) is -3.32. The van der Waals surface area contributed by atoms with Gasteiger partial charge in [-0.25, -0.2) is 8.42 Å². The van der Waals surface area contributed by atoms with Gasteiger partial charge >= 0.3 is 0 Å². The fraction of sp³-hybridized carbons (Fsp3) is 0.500. The lowest BCUT2D eigenvalue weighted by atomic mass is 9.87. The molecule has 1 fully saturated rings. The van der Waals surface area contributed by atoms with Gasteiger partial charge in [0.15, 0.2) is 0 Å². The molecular weight excluding hydrogens is 270 g/mol. The van der Waals surface area contributed by atoms with Gasteiger partial charge < -0.3 is 0 Å². The smallest absolute Gasteiger partial charge is 0.207 e. The van der Waals surface area contributed by atoms with E-state index < -0.39 is 10.0 Å². The van der Waals surface area contributed by atoms with Gasteiger partial charge in [-0.1, -0.05) is 45.1 Å². The number of hydrogen-bond donors (Lipinski definition) is 0. The SMILES string of the molecule is CC(C)(C)c1ccc(S(=O)(=O)N2C3CC=CCC32)cc1. The summed E-state index contributed by atoms with van der Waals surface area (Å²) in [6.45, 7) is 6.38. The second-order valence-electron chi connectivity index (χ2n) is 6.69. The van der Waals surface area contributed by atoms with E-state index in [4.69, 9.17) is 0 Å². The average molecular weight is 291 g/mol. The van der Waals surface area contributed by atoms with Crippen molar-refractivity contribution in [1.82, 2.24) is 4.31 Å². The number of rotatable bonds is 2. The maximum atomic E-state index is 12.6. The number of hydrogen-bond acceptors (Lipinski definition) is 2. The Morgan fingerprint density at radius 1 is 1.00 bits per heavy atom. The quantitative estimate of drug-likeness (QED) is 0.620. The van der Waals surface area contributed by atoms with E-state index in [0.717, 1.165) is 18.4 Å². The zero-order valence-electron chi connectivity index (χ0n) is 12.2. The first-order valence-electron chi connectivity index (χ1n) is 7.11. The van der Waals surface area contributed by atoms with Crippen molar-refractivity contribution < 1.29 is 8.42 Å². The molecule has 108 valence electrons. The molecule has 2 unspecified atom stereocenters. The van der Waals surface area contributed by atoms with Gasteiger partial charge in [-0.05, 0) is 36.0 Å². The molecule has 0 bridgehead atoms. The Bertz CT molecular complexity index is 624. The number of nitrogens with zero attached hydrogens (tertiary/aromatic N) is 1. The topological polar surface area (TPSA) is 37.1 Å². The lowest BCUT2D eigenvalue weighted by Crippen LogP contribution is -2.16. The minimum atomic E-state index is -3.32. The van der Waals surface area contributed by atoms with Crippen LogP contribution < -0.4 is 0 Å². The van der Waals surface area contributed by atoms with E-state index in [9.17, 15) is 8.42 Å². The van der Waals surface area contributed by atoms with Crippen LogP contribution in [0.4, 0.5) is 0 Å². The van der Waals surface area contributed by atoms with E-state index in [1.165, 1.54) is 0 Å². The van der Waals surface area contributed by atoms with Crippen molar-refractivity contribution in [2.75, 3.05) is 0 Å². The van der Waals surface area contributed by atoms with Crippen LogP contribution in [0.2, 0.25) is 0 Å². The summed E-state index contributed by atoms with van der Waals surface area (Å²) in [4.78, 5) is 0.417.